The Labute approximate surface area is 122 Å². The van der Waals surface area contributed by atoms with Crippen LogP contribution in [0, 0.1) is 11.2 Å². The van der Waals surface area contributed by atoms with Gasteiger partial charge in [0, 0.05) is 30.0 Å². The van der Waals surface area contributed by atoms with Crippen molar-refractivity contribution in [1.82, 2.24) is 10.3 Å². The Morgan fingerprint density at radius 2 is 2.00 bits per heavy atom. The van der Waals surface area contributed by atoms with Gasteiger partial charge in [0.1, 0.15) is 11.9 Å². The number of fused-ring (bicyclic) bond motifs is 1. The summed E-state index contributed by atoms with van der Waals surface area (Å²) in [5.41, 5.74) is 1.28. The number of hydrogen-bond acceptors (Lipinski definition) is 3. The number of ether oxygens (including phenoxy) is 1. The van der Waals surface area contributed by atoms with Crippen LogP contribution in [0.1, 0.15) is 12.8 Å². The average Bonchev–Trinajstić information content (AvgIpc) is 2.31. The third kappa shape index (κ3) is 2.23. The maximum absolute atomic E-state index is 13.1. The zero-order valence-corrected chi connectivity index (χ0v) is 11.8. The molecule has 2 fully saturated rings. The molecule has 1 aliphatic heterocycles. The maximum atomic E-state index is 13.1. The molecule has 1 aromatic carbocycles. The van der Waals surface area contributed by atoms with E-state index >= 15 is 0 Å². The van der Waals surface area contributed by atoms with Crippen LogP contribution in [0.4, 0.5) is 4.39 Å². The molecule has 0 unspecified atom stereocenters. The summed E-state index contributed by atoms with van der Waals surface area (Å²) in [6, 6.07) is 8.30. The second-order valence-corrected chi connectivity index (χ2v) is 5.74. The monoisotopic (exact) mass is 294 g/mol. The van der Waals surface area contributed by atoms with Crippen molar-refractivity contribution in [3.8, 4) is 5.88 Å². The first kappa shape index (κ1) is 13.6. The van der Waals surface area contributed by atoms with Crippen LogP contribution in [-0.4, -0.2) is 24.2 Å². The lowest BCUT2D eigenvalue weighted by atomic mass is 9.63. The molecule has 1 N–H and O–H groups in total. The van der Waals surface area contributed by atoms with Crippen LogP contribution < -0.4 is 10.1 Å². The van der Waals surface area contributed by atoms with Crippen LogP contribution in [-0.2, 0) is 0 Å². The van der Waals surface area contributed by atoms with Crippen molar-refractivity contribution in [2.45, 2.75) is 18.9 Å². The summed E-state index contributed by atoms with van der Waals surface area (Å²) >= 11 is 0. The zero-order valence-electron chi connectivity index (χ0n) is 10.9. The van der Waals surface area contributed by atoms with Crippen LogP contribution >= 0.6 is 12.4 Å². The first-order valence-corrected chi connectivity index (χ1v) is 6.66. The molecular formula is C15H16ClFN2O. The van der Waals surface area contributed by atoms with E-state index in [0.717, 1.165) is 36.8 Å². The number of nitrogens with one attached hydrogen (secondary N) is 1. The predicted octanol–water partition coefficient (Wildman–Crippen LogP) is 2.93. The van der Waals surface area contributed by atoms with E-state index in [1.807, 2.05) is 12.1 Å². The minimum atomic E-state index is -0.235. The van der Waals surface area contributed by atoms with Gasteiger partial charge in [-0.1, -0.05) is 0 Å². The van der Waals surface area contributed by atoms with Gasteiger partial charge in [-0.05, 0) is 37.1 Å². The lowest BCUT2D eigenvalue weighted by Gasteiger charge is -2.53. The molecule has 1 saturated heterocycles. The number of nitrogens with zero attached hydrogens (tertiary/aromatic N) is 1. The molecule has 2 aliphatic rings. The Balaban J connectivity index is 0.00000121. The minimum Gasteiger partial charge on any atom is -0.474 e. The molecule has 0 atom stereocenters. The van der Waals surface area contributed by atoms with E-state index in [1.165, 1.54) is 12.1 Å². The van der Waals surface area contributed by atoms with Crippen molar-refractivity contribution >= 4 is 23.3 Å². The molecule has 3 nitrogen and oxygen atoms in total. The second-order valence-electron chi connectivity index (χ2n) is 5.74. The highest BCUT2D eigenvalue weighted by molar-refractivity contribution is 5.85. The van der Waals surface area contributed by atoms with E-state index < -0.39 is 0 Å². The highest BCUT2D eigenvalue weighted by atomic mass is 35.5. The van der Waals surface area contributed by atoms with E-state index in [4.69, 9.17) is 4.74 Å². The van der Waals surface area contributed by atoms with Crippen molar-refractivity contribution in [2.24, 2.45) is 5.41 Å². The summed E-state index contributed by atoms with van der Waals surface area (Å²) in [4.78, 5) is 4.43. The summed E-state index contributed by atoms with van der Waals surface area (Å²) in [5, 5.41) is 4.12. The summed E-state index contributed by atoms with van der Waals surface area (Å²) in [5.74, 6) is 0.410. The average molecular weight is 295 g/mol. The Bertz CT molecular complexity index is 637. The van der Waals surface area contributed by atoms with Crippen LogP contribution in [0.5, 0.6) is 5.88 Å². The lowest BCUT2D eigenvalue weighted by Crippen LogP contribution is -2.62. The van der Waals surface area contributed by atoms with E-state index in [-0.39, 0.29) is 24.3 Å². The normalized spacial score (nSPS) is 20.1. The Morgan fingerprint density at radius 1 is 1.20 bits per heavy atom. The topological polar surface area (TPSA) is 34.1 Å². The summed E-state index contributed by atoms with van der Waals surface area (Å²) < 4.78 is 19.0. The van der Waals surface area contributed by atoms with Gasteiger partial charge in [0.2, 0.25) is 5.88 Å². The fourth-order valence-corrected chi connectivity index (χ4v) is 3.07. The Morgan fingerprint density at radius 3 is 2.70 bits per heavy atom. The van der Waals surface area contributed by atoms with E-state index in [1.54, 1.807) is 6.07 Å². The summed E-state index contributed by atoms with van der Waals surface area (Å²) in [6.07, 6.45) is 2.51. The molecule has 106 valence electrons. The van der Waals surface area contributed by atoms with Gasteiger partial charge < -0.3 is 10.1 Å². The Kier molecular flexibility index (Phi) is 3.30. The van der Waals surface area contributed by atoms with Gasteiger partial charge in [-0.25, -0.2) is 9.37 Å². The van der Waals surface area contributed by atoms with Crippen molar-refractivity contribution < 1.29 is 9.13 Å². The Hall–Kier alpha value is -1.39. The highest BCUT2D eigenvalue weighted by Gasteiger charge is 2.49. The molecule has 4 rings (SSSR count). The third-order valence-electron chi connectivity index (χ3n) is 4.23. The predicted molar refractivity (Wildman–Crippen MR) is 77.9 cm³/mol. The molecule has 5 heteroatoms. The van der Waals surface area contributed by atoms with Crippen molar-refractivity contribution in [1.29, 1.82) is 0 Å². The molecule has 1 saturated carbocycles. The fraction of sp³-hybridized carbons (Fsp3) is 0.400. The van der Waals surface area contributed by atoms with Crippen LogP contribution in [0.25, 0.3) is 10.9 Å². The van der Waals surface area contributed by atoms with Gasteiger partial charge in [-0.3, -0.25) is 0 Å². The van der Waals surface area contributed by atoms with Gasteiger partial charge in [0.15, 0.2) is 0 Å². The number of hydrogen-bond donors (Lipinski definition) is 1. The van der Waals surface area contributed by atoms with Gasteiger partial charge in [0.05, 0.1) is 5.52 Å². The quantitative estimate of drug-likeness (QED) is 0.925. The molecule has 20 heavy (non-hydrogen) atoms. The van der Waals surface area contributed by atoms with Crippen molar-refractivity contribution in [2.75, 3.05) is 13.1 Å². The van der Waals surface area contributed by atoms with Gasteiger partial charge in [0.25, 0.3) is 0 Å². The summed E-state index contributed by atoms with van der Waals surface area (Å²) in [7, 11) is 0. The van der Waals surface area contributed by atoms with Crippen LogP contribution in [0.2, 0.25) is 0 Å². The van der Waals surface area contributed by atoms with Crippen molar-refractivity contribution in [3.05, 3.63) is 36.1 Å². The molecule has 0 radical (unpaired) electrons. The van der Waals surface area contributed by atoms with Crippen LogP contribution in [0.15, 0.2) is 30.3 Å². The lowest BCUT2D eigenvalue weighted by molar-refractivity contribution is -0.0511. The zero-order chi connectivity index (χ0) is 12.9. The first-order valence-electron chi connectivity index (χ1n) is 6.66. The minimum absolute atomic E-state index is 0. The SMILES string of the molecule is Cl.Fc1ccc2nc(OC3CC4(CNC4)C3)ccc2c1. The molecule has 1 aliphatic carbocycles. The fourth-order valence-electron chi connectivity index (χ4n) is 3.07. The summed E-state index contributed by atoms with van der Waals surface area (Å²) in [6.45, 7) is 2.24. The molecule has 0 amide bonds. The number of rotatable bonds is 2. The smallest absolute Gasteiger partial charge is 0.214 e. The second kappa shape index (κ2) is 4.86. The van der Waals surface area contributed by atoms with E-state index in [9.17, 15) is 4.39 Å². The number of aromatic nitrogens is 1. The van der Waals surface area contributed by atoms with E-state index in [0.29, 0.717) is 11.3 Å². The van der Waals surface area contributed by atoms with Gasteiger partial charge in [-0.2, -0.15) is 0 Å². The maximum Gasteiger partial charge on any atom is 0.214 e. The van der Waals surface area contributed by atoms with Gasteiger partial charge >= 0.3 is 0 Å². The third-order valence-corrected chi connectivity index (χ3v) is 4.23. The van der Waals surface area contributed by atoms with E-state index in [2.05, 4.69) is 10.3 Å². The molecule has 1 spiro atoms. The highest BCUT2D eigenvalue weighted by Crippen LogP contribution is 2.45. The first-order chi connectivity index (χ1) is 9.22. The number of benzene rings is 1. The molecule has 2 heterocycles. The molecule has 0 bridgehead atoms. The number of pyridine rings is 1. The van der Waals surface area contributed by atoms with Crippen LogP contribution in [0.3, 0.4) is 0 Å². The standard InChI is InChI=1S/C15H15FN2O.ClH/c16-11-2-3-13-10(5-11)1-4-14(18-13)19-12-6-15(7-12)8-17-9-15;/h1-5,12,17H,6-9H2;1H. The van der Waals surface area contributed by atoms with Crippen molar-refractivity contribution in [3.63, 3.8) is 0 Å². The molecular weight excluding hydrogens is 279 g/mol. The number of halogens is 2. The molecule has 2 aromatic rings. The largest absolute Gasteiger partial charge is 0.474 e. The van der Waals surface area contributed by atoms with Gasteiger partial charge in [-0.15, -0.1) is 12.4 Å². The molecule has 1 aromatic heterocycles.